The average molecular weight is 504 g/mol. The molecule has 190 valence electrons. The number of aromatic nitrogens is 4. The molecule has 10 nitrogen and oxygen atoms in total. The fourth-order valence-corrected chi connectivity index (χ4v) is 6.20. The van der Waals surface area contributed by atoms with E-state index in [9.17, 15) is 18.3 Å². The van der Waals surface area contributed by atoms with Gasteiger partial charge in [-0.1, -0.05) is 13.8 Å². The molecule has 1 fully saturated rings. The standard InChI is InChI=1S/C24H33N5O5S/c1-5-16(6-2)23-25-15(4)21-24(31)26-22(27-29(21)23)19-13-18(10-11-20(19)34-7-3)35(32,33)28-12-8-9-17(30)14-28/h10-11,13,16-17,30H,5-9,12,14H2,1-4H3,(H,26,27,31). The first-order chi connectivity index (χ1) is 16.7. The van der Waals surface area contributed by atoms with Gasteiger partial charge in [0.05, 0.1) is 28.9 Å². The zero-order chi connectivity index (χ0) is 25.3. The van der Waals surface area contributed by atoms with Crippen LogP contribution in [0.2, 0.25) is 0 Å². The van der Waals surface area contributed by atoms with E-state index in [1.54, 1.807) is 17.5 Å². The molecule has 1 atom stereocenters. The lowest BCUT2D eigenvalue weighted by molar-refractivity contribution is 0.108. The van der Waals surface area contributed by atoms with Crippen LogP contribution in [0, 0.1) is 6.92 Å². The molecule has 11 heteroatoms. The number of piperidine rings is 1. The van der Waals surface area contributed by atoms with Crippen LogP contribution in [0.1, 0.15) is 63.9 Å². The quantitative estimate of drug-likeness (QED) is 0.483. The first kappa shape index (κ1) is 25.3. The van der Waals surface area contributed by atoms with Gasteiger partial charge >= 0.3 is 0 Å². The van der Waals surface area contributed by atoms with Crippen LogP contribution in [-0.2, 0) is 10.0 Å². The van der Waals surface area contributed by atoms with Crippen LogP contribution in [0.4, 0.5) is 0 Å². The minimum Gasteiger partial charge on any atom is -0.493 e. The van der Waals surface area contributed by atoms with Gasteiger partial charge in [0.15, 0.2) is 11.3 Å². The Labute approximate surface area is 205 Å². The minimum atomic E-state index is -3.86. The van der Waals surface area contributed by atoms with E-state index in [1.165, 1.54) is 16.4 Å². The lowest BCUT2D eigenvalue weighted by Gasteiger charge is -2.29. The van der Waals surface area contributed by atoms with E-state index >= 15 is 0 Å². The molecular formula is C24H33N5O5S. The molecular weight excluding hydrogens is 470 g/mol. The summed E-state index contributed by atoms with van der Waals surface area (Å²) in [7, 11) is -3.86. The van der Waals surface area contributed by atoms with Gasteiger partial charge in [-0.05, 0) is 57.7 Å². The smallest absolute Gasteiger partial charge is 0.277 e. The van der Waals surface area contributed by atoms with E-state index in [-0.39, 0.29) is 28.7 Å². The second kappa shape index (κ2) is 10.1. The van der Waals surface area contributed by atoms with Crippen molar-refractivity contribution in [3.8, 4) is 17.1 Å². The third kappa shape index (κ3) is 4.72. The van der Waals surface area contributed by atoms with Crippen LogP contribution in [0.25, 0.3) is 16.9 Å². The maximum absolute atomic E-state index is 13.4. The van der Waals surface area contributed by atoms with E-state index in [0.29, 0.717) is 54.3 Å². The van der Waals surface area contributed by atoms with Gasteiger partial charge < -0.3 is 14.8 Å². The molecule has 35 heavy (non-hydrogen) atoms. The van der Waals surface area contributed by atoms with Crippen LogP contribution in [0.3, 0.4) is 0 Å². The number of aromatic amines is 1. The summed E-state index contributed by atoms with van der Waals surface area (Å²) < 4.78 is 35.4. The molecule has 0 bridgehead atoms. The summed E-state index contributed by atoms with van der Waals surface area (Å²) in [5, 5.41) is 14.7. The van der Waals surface area contributed by atoms with Gasteiger partial charge in [0, 0.05) is 19.0 Å². The molecule has 1 aromatic carbocycles. The molecule has 1 saturated heterocycles. The van der Waals surface area contributed by atoms with Crippen LogP contribution in [-0.4, -0.2) is 63.2 Å². The highest BCUT2D eigenvalue weighted by Crippen LogP contribution is 2.32. The molecule has 4 rings (SSSR count). The summed E-state index contributed by atoms with van der Waals surface area (Å²) >= 11 is 0. The highest BCUT2D eigenvalue weighted by atomic mass is 32.2. The van der Waals surface area contributed by atoms with Crippen molar-refractivity contribution in [1.29, 1.82) is 0 Å². The second-order valence-electron chi connectivity index (χ2n) is 8.88. The summed E-state index contributed by atoms with van der Waals surface area (Å²) in [4.78, 5) is 20.6. The molecule has 1 aliphatic rings. The Bertz CT molecular complexity index is 1380. The van der Waals surface area contributed by atoms with Crippen molar-refractivity contribution in [1.82, 2.24) is 23.9 Å². The molecule has 1 unspecified atom stereocenters. The Balaban J connectivity index is 1.89. The SMILES string of the molecule is CCOc1ccc(S(=O)(=O)N2CCCC(O)C2)cc1-c1nn2c(C(CC)CC)nc(C)c2c(=O)[nH]1. The first-order valence-electron chi connectivity index (χ1n) is 12.2. The molecule has 0 amide bonds. The van der Waals surface area contributed by atoms with Crippen LogP contribution in [0.15, 0.2) is 27.9 Å². The Hall–Kier alpha value is -2.76. The molecule has 0 aliphatic carbocycles. The molecule has 1 aliphatic heterocycles. The number of nitrogens with one attached hydrogen (secondary N) is 1. The zero-order valence-corrected chi connectivity index (χ0v) is 21.4. The van der Waals surface area contributed by atoms with E-state index in [1.807, 2.05) is 6.92 Å². The van der Waals surface area contributed by atoms with Crippen molar-refractivity contribution in [2.75, 3.05) is 19.7 Å². The number of H-pyrrole nitrogens is 1. The molecule has 0 radical (unpaired) electrons. The van der Waals surface area contributed by atoms with Gasteiger partial charge in [0.2, 0.25) is 10.0 Å². The van der Waals surface area contributed by atoms with Crippen molar-refractivity contribution >= 4 is 15.5 Å². The van der Waals surface area contributed by atoms with Gasteiger partial charge in [-0.25, -0.2) is 17.9 Å². The molecule has 3 heterocycles. The van der Waals surface area contributed by atoms with E-state index < -0.39 is 16.1 Å². The summed E-state index contributed by atoms with van der Waals surface area (Å²) in [5.41, 5.74) is 0.982. The number of hydrogen-bond acceptors (Lipinski definition) is 7. The second-order valence-corrected chi connectivity index (χ2v) is 10.8. The predicted octanol–water partition coefficient (Wildman–Crippen LogP) is 2.84. The number of ether oxygens (including phenoxy) is 1. The van der Waals surface area contributed by atoms with Crippen molar-refractivity contribution < 1.29 is 18.3 Å². The molecule has 2 N–H and O–H groups in total. The maximum atomic E-state index is 13.4. The normalized spacial score (nSPS) is 17.4. The number of sulfonamides is 1. The number of aliphatic hydroxyl groups is 1. The highest BCUT2D eigenvalue weighted by molar-refractivity contribution is 7.89. The van der Waals surface area contributed by atoms with Gasteiger partial charge in [0.25, 0.3) is 5.56 Å². The Kier molecular flexibility index (Phi) is 7.30. The van der Waals surface area contributed by atoms with Gasteiger partial charge in [-0.15, -0.1) is 5.10 Å². The van der Waals surface area contributed by atoms with Crippen LogP contribution in [0.5, 0.6) is 5.75 Å². The largest absolute Gasteiger partial charge is 0.493 e. The van der Waals surface area contributed by atoms with E-state index in [0.717, 1.165) is 12.8 Å². The van der Waals surface area contributed by atoms with Crippen molar-refractivity contribution in [2.24, 2.45) is 0 Å². The summed E-state index contributed by atoms with van der Waals surface area (Å²) in [6.07, 6.45) is 2.18. The molecule has 2 aromatic heterocycles. The van der Waals surface area contributed by atoms with Gasteiger partial charge in [-0.2, -0.15) is 4.31 Å². The Morgan fingerprint density at radius 2 is 2.00 bits per heavy atom. The number of aryl methyl sites for hydroxylation is 1. The van der Waals surface area contributed by atoms with Crippen LogP contribution >= 0.6 is 0 Å². The van der Waals surface area contributed by atoms with Crippen molar-refractivity contribution in [3.05, 3.63) is 40.1 Å². The number of nitrogens with zero attached hydrogens (tertiary/aromatic N) is 4. The summed E-state index contributed by atoms with van der Waals surface area (Å²) in [6.45, 7) is 8.49. The number of hydrogen-bond donors (Lipinski definition) is 2. The lowest BCUT2D eigenvalue weighted by atomic mass is 10.0. The molecule has 0 saturated carbocycles. The number of imidazole rings is 1. The number of benzene rings is 1. The zero-order valence-electron chi connectivity index (χ0n) is 20.6. The molecule has 0 spiro atoms. The van der Waals surface area contributed by atoms with Gasteiger partial charge in [0.1, 0.15) is 11.6 Å². The number of rotatable bonds is 8. The third-order valence-corrected chi connectivity index (χ3v) is 8.42. The Morgan fingerprint density at radius 3 is 2.66 bits per heavy atom. The van der Waals surface area contributed by atoms with E-state index in [2.05, 4.69) is 23.8 Å². The first-order valence-corrected chi connectivity index (χ1v) is 13.6. The Morgan fingerprint density at radius 1 is 1.26 bits per heavy atom. The minimum absolute atomic E-state index is 0.0508. The van der Waals surface area contributed by atoms with Gasteiger partial charge in [-0.3, -0.25) is 4.79 Å². The molecule has 3 aromatic rings. The fourth-order valence-electron chi connectivity index (χ4n) is 4.66. The summed E-state index contributed by atoms with van der Waals surface area (Å²) in [6, 6.07) is 4.54. The average Bonchev–Trinajstić information content (AvgIpc) is 3.17. The maximum Gasteiger partial charge on any atom is 0.277 e. The topological polar surface area (TPSA) is 130 Å². The number of fused-ring (bicyclic) bond motifs is 1. The highest BCUT2D eigenvalue weighted by Gasteiger charge is 2.30. The van der Waals surface area contributed by atoms with Crippen LogP contribution < -0.4 is 10.3 Å². The third-order valence-electron chi connectivity index (χ3n) is 6.55. The fraction of sp³-hybridized carbons (Fsp3) is 0.542. The summed E-state index contributed by atoms with van der Waals surface area (Å²) in [5.74, 6) is 1.45. The van der Waals surface area contributed by atoms with E-state index in [4.69, 9.17) is 9.84 Å². The number of aliphatic hydroxyl groups excluding tert-OH is 1. The lowest BCUT2D eigenvalue weighted by Crippen LogP contribution is -2.42. The number of β-amino-alcohol motifs (C(OH)–C–C–N with tert-alkyl or cyclic N) is 1. The van der Waals surface area contributed by atoms with Crippen molar-refractivity contribution in [3.63, 3.8) is 0 Å². The monoisotopic (exact) mass is 503 g/mol. The predicted molar refractivity (Wildman–Crippen MR) is 132 cm³/mol. The van der Waals surface area contributed by atoms with Crippen molar-refractivity contribution in [2.45, 2.75) is 70.3 Å².